The Bertz CT molecular complexity index is 967. The molecule has 2 aliphatic rings. The molecule has 0 bridgehead atoms. The van der Waals surface area contributed by atoms with Crippen molar-refractivity contribution in [3.8, 4) is 0 Å². The SMILES string of the molecule is Cc1cccc(C(=O)N2CCSC23CCN(C(=O)Nc2ccc(C)c(C)c2)CC3)c1. The maximum atomic E-state index is 13.2. The van der Waals surface area contributed by atoms with Crippen molar-refractivity contribution in [2.24, 2.45) is 0 Å². The zero-order valence-corrected chi connectivity index (χ0v) is 18.7. The van der Waals surface area contributed by atoms with Crippen LogP contribution in [0.15, 0.2) is 42.5 Å². The van der Waals surface area contributed by atoms with E-state index in [0.717, 1.165) is 47.5 Å². The van der Waals surface area contributed by atoms with E-state index in [2.05, 4.69) is 12.2 Å². The molecule has 2 aromatic rings. The molecule has 1 N–H and O–H groups in total. The first kappa shape index (κ1) is 20.8. The molecule has 4 rings (SSSR count). The van der Waals surface area contributed by atoms with Gasteiger partial charge in [0.05, 0.1) is 4.87 Å². The number of hydrogen-bond donors (Lipinski definition) is 1. The van der Waals surface area contributed by atoms with E-state index >= 15 is 0 Å². The fourth-order valence-corrected chi connectivity index (χ4v) is 5.78. The maximum Gasteiger partial charge on any atom is 0.321 e. The van der Waals surface area contributed by atoms with Crippen molar-refractivity contribution >= 4 is 29.4 Å². The number of benzene rings is 2. The molecule has 2 aliphatic heterocycles. The van der Waals surface area contributed by atoms with Crippen molar-refractivity contribution in [1.82, 2.24) is 9.80 Å². The van der Waals surface area contributed by atoms with Gasteiger partial charge in [-0.1, -0.05) is 23.8 Å². The molecule has 2 saturated heterocycles. The summed E-state index contributed by atoms with van der Waals surface area (Å²) in [6.07, 6.45) is 1.60. The first-order chi connectivity index (χ1) is 14.4. The van der Waals surface area contributed by atoms with Crippen molar-refractivity contribution in [1.29, 1.82) is 0 Å². The Hall–Kier alpha value is -2.47. The molecule has 158 valence electrons. The number of thioether (sulfide) groups is 1. The normalized spacial score (nSPS) is 18.0. The van der Waals surface area contributed by atoms with Crippen LogP contribution in [0.2, 0.25) is 0 Å². The first-order valence-corrected chi connectivity index (χ1v) is 11.5. The number of aryl methyl sites for hydroxylation is 3. The highest BCUT2D eigenvalue weighted by Gasteiger charge is 2.47. The van der Waals surface area contributed by atoms with Crippen LogP contribution in [0.1, 0.15) is 39.9 Å². The number of urea groups is 1. The van der Waals surface area contributed by atoms with E-state index in [4.69, 9.17) is 0 Å². The fourth-order valence-electron chi connectivity index (χ4n) is 4.32. The van der Waals surface area contributed by atoms with Gasteiger partial charge in [-0.05, 0) is 69.0 Å². The number of amides is 3. The third kappa shape index (κ3) is 4.06. The molecule has 5 nitrogen and oxygen atoms in total. The topological polar surface area (TPSA) is 52.7 Å². The molecule has 0 atom stereocenters. The predicted octanol–water partition coefficient (Wildman–Crippen LogP) is 4.83. The van der Waals surface area contributed by atoms with Gasteiger partial charge in [0.2, 0.25) is 0 Å². The van der Waals surface area contributed by atoms with Gasteiger partial charge in [0, 0.05) is 36.6 Å². The molecule has 2 aromatic carbocycles. The van der Waals surface area contributed by atoms with Gasteiger partial charge in [-0.15, -0.1) is 11.8 Å². The Balaban J connectivity index is 1.41. The van der Waals surface area contributed by atoms with E-state index in [1.807, 2.05) is 77.9 Å². The third-order valence-electron chi connectivity index (χ3n) is 6.28. The number of carbonyl (C=O) groups excluding carboxylic acids is 2. The van der Waals surface area contributed by atoms with Gasteiger partial charge in [-0.3, -0.25) is 4.79 Å². The molecular formula is C24H29N3O2S. The second-order valence-corrected chi connectivity index (χ2v) is 9.79. The maximum absolute atomic E-state index is 13.2. The van der Waals surface area contributed by atoms with Gasteiger partial charge in [0.25, 0.3) is 5.91 Å². The van der Waals surface area contributed by atoms with Crippen LogP contribution in [0, 0.1) is 20.8 Å². The number of piperidine rings is 1. The van der Waals surface area contributed by atoms with Crippen molar-refractivity contribution in [3.63, 3.8) is 0 Å². The van der Waals surface area contributed by atoms with Crippen LogP contribution in [0.25, 0.3) is 0 Å². The van der Waals surface area contributed by atoms with E-state index in [-0.39, 0.29) is 16.8 Å². The number of nitrogens with zero attached hydrogens (tertiary/aromatic N) is 2. The summed E-state index contributed by atoms with van der Waals surface area (Å²) in [5.41, 5.74) is 5.06. The van der Waals surface area contributed by atoms with Gasteiger partial charge in [-0.25, -0.2) is 4.79 Å². The van der Waals surface area contributed by atoms with Gasteiger partial charge in [0.15, 0.2) is 0 Å². The molecule has 3 amide bonds. The smallest absolute Gasteiger partial charge is 0.321 e. The van der Waals surface area contributed by atoms with E-state index in [1.165, 1.54) is 5.56 Å². The second kappa shape index (κ2) is 8.34. The van der Waals surface area contributed by atoms with Crippen LogP contribution in [0.5, 0.6) is 0 Å². The molecule has 30 heavy (non-hydrogen) atoms. The zero-order chi connectivity index (χ0) is 21.3. The Morgan fingerprint density at radius 3 is 2.43 bits per heavy atom. The highest BCUT2D eigenvalue weighted by atomic mass is 32.2. The van der Waals surface area contributed by atoms with Crippen LogP contribution in [0.3, 0.4) is 0 Å². The first-order valence-electron chi connectivity index (χ1n) is 10.5. The van der Waals surface area contributed by atoms with Crippen LogP contribution in [0.4, 0.5) is 10.5 Å². The van der Waals surface area contributed by atoms with E-state index in [0.29, 0.717) is 13.1 Å². The monoisotopic (exact) mass is 423 g/mol. The molecule has 6 heteroatoms. The van der Waals surface area contributed by atoms with Crippen molar-refractivity contribution < 1.29 is 9.59 Å². The minimum atomic E-state index is -0.196. The molecule has 2 fully saturated rings. The summed E-state index contributed by atoms with van der Waals surface area (Å²) in [6.45, 7) is 8.20. The van der Waals surface area contributed by atoms with Crippen molar-refractivity contribution in [3.05, 3.63) is 64.7 Å². The minimum Gasteiger partial charge on any atom is -0.324 e. The van der Waals surface area contributed by atoms with Crippen molar-refractivity contribution in [2.45, 2.75) is 38.5 Å². The number of hydrogen-bond acceptors (Lipinski definition) is 3. The summed E-state index contributed by atoms with van der Waals surface area (Å²) in [5, 5.41) is 3.02. The molecule has 0 saturated carbocycles. The molecule has 0 radical (unpaired) electrons. The Kier molecular flexibility index (Phi) is 5.78. The fraction of sp³-hybridized carbons (Fsp3) is 0.417. The average Bonchev–Trinajstić information content (AvgIpc) is 3.13. The summed E-state index contributed by atoms with van der Waals surface area (Å²) in [6, 6.07) is 13.7. The van der Waals surface area contributed by atoms with Crippen LogP contribution in [-0.4, -0.2) is 52.0 Å². The highest BCUT2D eigenvalue weighted by molar-refractivity contribution is 8.00. The van der Waals surface area contributed by atoms with Crippen LogP contribution >= 0.6 is 11.8 Å². The molecule has 2 heterocycles. The van der Waals surface area contributed by atoms with Crippen LogP contribution < -0.4 is 5.32 Å². The third-order valence-corrected chi connectivity index (χ3v) is 7.83. The Morgan fingerprint density at radius 1 is 0.967 bits per heavy atom. The molecule has 1 spiro atoms. The van der Waals surface area contributed by atoms with E-state index in [1.54, 1.807) is 0 Å². The lowest BCUT2D eigenvalue weighted by molar-refractivity contribution is 0.0585. The summed E-state index contributed by atoms with van der Waals surface area (Å²) in [4.78, 5) is 29.7. The number of likely N-dealkylation sites (tertiary alicyclic amines) is 1. The lowest BCUT2D eigenvalue weighted by Crippen LogP contribution is -2.54. The van der Waals surface area contributed by atoms with Gasteiger partial charge in [-0.2, -0.15) is 0 Å². The van der Waals surface area contributed by atoms with Gasteiger partial charge in [0.1, 0.15) is 0 Å². The van der Waals surface area contributed by atoms with Gasteiger partial charge < -0.3 is 15.1 Å². The summed E-state index contributed by atoms with van der Waals surface area (Å²) in [7, 11) is 0. The second-order valence-electron chi connectivity index (χ2n) is 8.34. The predicted molar refractivity (Wildman–Crippen MR) is 123 cm³/mol. The average molecular weight is 424 g/mol. The lowest BCUT2D eigenvalue weighted by atomic mass is 10.0. The summed E-state index contributed by atoms with van der Waals surface area (Å²) >= 11 is 1.87. The van der Waals surface area contributed by atoms with Gasteiger partial charge >= 0.3 is 6.03 Å². The van der Waals surface area contributed by atoms with E-state index < -0.39 is 0 Å². The summed E-state index contributed by atoms with van der Waals surface area (Å²) in [5.74, 6) is 1.06. The Labute approximate surface area is 182 Å². The standard InChI is InChI=1S/C24H29N3O2S/c1-17-5-4-6-20(15-17)22(28)27-13-14-30-24(27)9-11-26(12-10-24)23(29)25-21-8-7-18(2)19(3)16-21/h4-8,15-16H,9-14H2,1-3H3,(H,25,29). The lowest BCUT2D eigenvalue weighted by Gasteiger charge is -2.44. The zero-order valence-electron chi connectivity index (χ0n) is 17.9. The minimum absolute atomic E-state index is 0.0624. The number of carbonyl (C=O) groups is 2. The number of nitrogens with one attached hydrogen (secondary N) is 1. The highest BCUT2D eigenvalue weighted by Crippen LogP contribution is 2.44. The molecule has 0 unspecified atom stereocenters. The number of anilines is 1. The quantitative estimate of drug-likeness (QED) is 0.753. The Morgan fingerprint density at radius 2 is 1.73 bits per heavy atom. The molecular weight excluding hydrogens is 394 g/mol. The van der Waals surface area contributed by atoms with Crippen LogP contribution in [-0.2, 0) is 0 Å². The van der Waals surface area contributed by atoms with E-state index in [9.17, 15) is 9.59 Å². The largest absolute Gasteiger partial charge is 0.324 e. The molecule has 0 aromatic heterocycles. The number of rotatable bonds is 2. The molecule has 0 aliphatic carbocycles. The summed E-state index contributed by atoms with van der Waals surface area (Å²) < 4.78 is 0. The van der Waals surface area contributed by atoms with Crippen molar-refractivity contribution in [2.75, 3.05) is 30.7 Å².